The number of unbranched alkanes of at least 4 members (excludes halogenated alkanes) is 22. The van der Waals surface area contributed by atoms with Gasteiger partial charge in [0.15, 0.2) is 0 Å². The molecule has 0 fully saturated rings. The van der Waals surface area contributed by atoms with E-state index in [4.69, 9.17) is 9.84 Å². The summed E-state index contributed by atoms with van der Waals surface area (Å²) in [6.45, 7) is 4.03. The minimum absolute atomic E-state index is 0.241. The normalized spacial score (nSPS) is 14.0. The monoisotopic (exact) mass is 672 g/mol. The Morgan fingerprint density at radius 1 is 0.532 bits per heavy atom. The van der Waals surface area contributed by atoms with Crippen LogP contribution in [0.15, 0.2) is 0 Å². The molecule has 0 saturated heterocycles. The van der Waals surface area contributed by atoms with Gasteiger partial charge in [0.05, 0.1) is 25.0 Å². The van der Waals surface area contributed by atoms with Gasteiger partial charge in [0.1, 0.15) is 18.8 Å². The molecule has 0 aromatic heterocycles. The number of rotatable bonds is 35. The lowest BCUT2D eigenvalue weighted by atomic mass is 9.96. The summed E-state index contributed by atoms with van der Waals surface area (Å²) in [5.74, 6) is -2.23. The lowest BCUT2D eigenvalue weighted by Gasteiger charge is -2.30. The van der Waals surface area contributed by atoms with Crippen LogP contribution in [0.4, 0.5) is 0 Å². The van der Waals surface area contributed by atoms with Gasteiger partial charge >= 0.3 is 11.9 Å². The molecule has 9 heteroatoms. The Labute approximate surface area is 287 Å². The smallest absolute Gasteiger partial charge is 0.306 e. The van der Waals surface area contributed by atoms with E-state index in [0.29, 0.717) is 19.3 Å². The third kappa shape index (κ3) is 29.0. The Morgan fingerprint density at radius 2 is 0.936 bits per heavy atom. The highest BCUT2D eigenvalue weighted by atomic mass is 16.5. The third-order valence-electron chi connectivity index (χ3n) is 9.08. The van der Waals surface area contributed by atoms with Crippen LogP contribution in [0.2, 0.25) is 0 Å². The van der Waals surface area contributed by atoms with Crippen molar-refractivity contribution in [2.75, 3.05) is 6.61 Å². The van der Waals surface area contributed by atoms with Crippen LogP contribution in [0.3, 0.4) is 0 Å². The molecule has 0 radical (unpaired) electrons. The highest BCUT2D eigenvalue weighted by Gasteiger charge is 2.33. The van der Waals surface area contributed by atoms with Gasteiger partial charge in [0.25, 0.3) is 0 Å². The SMILES string of the molecule is CCCCCCCCCCCCCCCC(=O)N[C@@H](COC(=O)CCC(=O)O)[C@H](O)C(O)C(O)CCCCCCCCCCCCC. The number of ether oxygens (including phenoxy) is 1. The Hall–Kier alpha value is -1.71. The molecule has 0 saturated carbocycles. The average molecular weight is 672 g/mol. The average Bonchev–Trinajstić information content (AvgIpc) is 3.05. The number of aliphatic hydroxyl groups is 3. The van der Waals surface area contributed by atoms with Gasteiger partial charge in [0.2, 0.25) is 5.91 Å². The molecule has 9 nitrogen and oxygen atoms in total. The zero-order chi connectivity index (χ0) is 35.0. The number of aliphatic carboxylic acids is 1. The van der Waals surface area contributed by atoms with Gasteiger partial charge < -0.3 is 30.5 Å². The number of amides is 1. The minimum Gasteiger partial charge on any atom is -0.481 e. The molecule has 4 atom stereocenters. The van der Waals surface area contributed by atoms with E-state index in [9.17, 15) is 29.7 Å². The molecule has 2 unspecified atom stereocenters. The summed E-state index contributed by atoms with van der Waals surface area (Å²) in [5, 5.41) is 43.6. The number of nitrogens with one attached hydrogen (secondary N) is 1. The molecule has 0 aromatic carbocycles. The van der Waals surface area contributed by atoms with E-state index in [1.54, 1.807) is 0 Å². The van der Waals surface area contributed by atoms with Gasteiger partial charge in [0, 0.05) is 6.42 Å². The maximum absolute atomic E-state index is 12.7. The van der Waals surface area contributed by atoms with Gasteiger partial charge in [-0.15, -0.1) is 0 Å². The first kappa shape index (κ1) is 45.3. The number of esters is 1. The van der Waals surface area contributed by atoms with Crippen molar-refractivity contribution >= 4 is 17.8 Å². The summed E-state index contributed by atoms with van der Waals surface area (Å²) in [6, 6.07) is -1.12. The third-order valence-corrected chi connectivity index (χ3v) is 9.08. The second-order valence-electron chi connectivity index (χ2n) is 13.6. The highest BCUT2D eigenvalue weighted by Crippen LogP contribution is 2.17. The molecule has 0 aliphatic rings. The predicted octanol–water partition coefficient (Wildman–Crippen LogP) is 8.14. The van der Waals surface area contributed by atoms with Crippen molar-refractivity contribution in [1.82, 2.24) is 5.32 Å². The lowest BCUT2D eigenvalue weighted by Crippen LogP contribution is -2.54. The molecule has 47 heavy (non-hydrogen) atoms. The zero-order valence-corrected chi connectivity index (χ0v) is 30.2. The van der Waals surface area contributed by atoms with Crippen molar-refractivity contribution in [3.05, 3.63) is 0 Å². The number of carboxylic acid groups (broad SMARTS) is 1. The zero-order valence-electron chi connectivity index (χ0n) is 30.2. The van der Waals surface area contributed by atoms with E-state index in [1.807, 2.05) is 0 Å². The molecule has 0 aliphatic heterocycles. The molecule has 0 bridgehead atoms. The number of hydrogen-bond acceptors (Lipinski definition) is 7. The van der Waals surface area contributed by atoms with Crippen LogP contribution in [-0.2, 0) is 19.1 Å². The molecule has 0 rings (SSSR count). The maximum Gasteiger partial charge on any atom is 0.306 e. The summed E-state index contributed by atoms with van der Waals surface area (Å²) in [7, 11) is 0. The predicted molar refractivity (Wildman–Crippen MR) is 189 cm³/mol. The van der Waals surface area contributed by atoms with E-state index in [1.165, 1.54) is 103 Å². The Bertz CT molecular complexity index is 749. The number of carboxylic acids is 1. The van der Waals surface area contributed by atoms with E-state index in [-0.39, 0.29) is 18.7 Å². The molecule has 0 aliphatic carbocycles. The van der Waals surface area contributed by atoms with Crippen molar-refractivity contribution < 1.29 is 39.5 Å². The summed E-state index contributed by atoms with van der Waals surface area (Å²) in [4.78, 5) is 35.5. The molecule has 0 heterocycles. The van der Waals surface area contributed by atoms with Crippen molar-refractivity contribution in [3.63, 3.8) is 0 Å². The minimum atomic E-state index is -1.56. The molecule has 1 amide bonds. The molecular weight excluding hydrogens is 598 g/mol. The second kappa shape index (κ2) is 32.8. The second-order valence-corrected chi connectivity index (χ2v) is 13.6. The Kier molecular flexibility index (Phi) is 31.6. The highest BCUT2D eigenvalue weighted by molar-refractivity contribution is 5.77. The number of aliphatic hydroxyl groups excluding tert-OH is 3. The van der Waals surface area contributed by atoms with Gasteiger partial charge in [-0.1, -0.05) is 162 Å². The lowest BCUT2D eigenvalue weighted by molar-refractivity contribution is -0.151. The summed E-state index contributed by atoms with van der Waals surface area (Å²) < 4.78 is 5.13. The molecular formula is C38H73NO8. The van der Waals surface area contributed by atoms with E-state index in [0.717, 1.165) is 38.5 Å². The van der Waals surface area contributed by atoms with Gasteiger partial charge in [-0.25, -0.2) is 0 Å². The van der Waals surface area contributed by atoms with Crippen LogP contribution < -0.4 is 5.32 Å². The number of carbonyl (C=O) groups is 3. The quantitative estimate of drug-likeness (QED) is 0.0334. The first-order chi connectivity index (χ1) is 22.7. The van der Waals surface area contributed by atoms with Crippen LogP contribution in [-0.4, -0.2) is 69.2 Å². The van der Waals surface area contributed by atoms with Gasteiger partial charge in [-0.05, 0) is 12.8 Å². The van der Waals surface area contributed by atoms with Crippen molar-refractivity contribution in [2.45, 2.75) is 218 Å². The molecule has 0 aromatic rings. The maximum atomic E-state index is 12.7. The molecule has 5 N–H and O–H groups in total. The topological polar surface area (TPSA) is 153 Å². The largest absolute Gasteiger partial charge is 0.481 e. The summed E-state index contributed by atoms with van der Waals surface area (Å²) >= 11 is 0. The number of hydrogen-bond donors (Lipinski definition) is 5. The van der Waals surface area contributed by atoms with Crippen LogP contribution in [0.1, 0.15) is 194 Å². The molecule has 278 valence electrons. The van der Waals surface area contributed by atoms with Crippen molar-refractivity contribution in [2.24, 2.45) is 0 Å². The van der Waals surface area contributed by atoms with Crippen LogP contribution in [0.25, 0.3) is 0 Å². The van der Waals surface area contributed by atoms with Crippen LogP contribution in [0, 0.1) is 0 Å². The van der Waals surface area contributed by atoms with E-state index >= 15 is 0 Å². The standard InChI is InChI=1S/C38H73NO8/c1-3-5-7-9-11-13-15-16-18-20-22-24-26-28-34(41)39-32(31-47-36(44)30-29-35(42)43)37(45)38(46)33(40)27-25-23-21-19-17-14-12-10-8-6-4-2/h32-33,37-38,40,45-46H,3-31H2,1-2H3,(H,39,41)(H,42,43)/t32-,33?,37-,38?/m0/s1. The van der Waals surface area contributed by atoms with Crippen LogP contribution >= 0.6 is 0 Å². The Morgan fingerprint density at radius 3 is 1.36 bits per heavy atom. The summed E-state index contributed by atoms with van der Waals surface area (Å²) in [6.07, 6.45) is 23.9. The van der Waals surface area contributed by atoms with Crippen molar-refractivity contribution in [3.8, 4) is 0 Å². The van der Waals surface area contributed by atoms with Gasteiger partial charge in [-0.2, -0.15) is 0 Å². The first-order valence-electron chi connectivity index (χ1n) is 19.4. The van der Waals surface area contributed by atoms with E-state index < -0.39 is 49.3 Å². The molecule has 0 spiro atoms. The summed E-state index contributed by atoms with van der Waals surface area (Å²) in [5.41, 5.74) is 0. The first-order valence-corrected chi connectivity index (χ1v) is 19.4. The Balaban J connectivity index is 4.47. The van der Waals surface area contributed by atoms with Gasteiger partial charge in [-0.3, -0.25) is 14.4 Å². The number of carbonyl (C=O) groups excluding carboxylic acids is 2. The fraction of sp³-hybridized carbons (Fsp3) is 0.921. The fourth-order valence-corrected chi connectivity index (χ4v) is 5.93. The van der Waals surface area contributed by atoms with Crippen molar-refractivity contribution in [1.29, 1.82) is 0 Å². The fourth-order valence-electron chi connectivity index (χ4n) is 5.93. The van der Waals surface area contributed by atoms with E-state index in [2.05, 4.69) is 19.2 Å². The van der Waals surface area contributed by atoms with Crippen LogP contribution in [0.5, 0.6) is 0 Å².